The molecule has 0 spiro atoms. The van der Waals surface area contributed by atoms with Gasteiger partial charge >= 0.3 is 0 Å². The molecule has 1 amide bonds. The minimum atomic E-state index is -0.349. The van der Waals surface area contributed by atoms with E-state index >= 15 is 0 Å². The molecule has 2 heterocycles. The van der Waals surface area contributed by atoms with Gasteiger partial charge in [-0.05, 0) is 38.9 Å². The normalized spacial score (nSPS) is 20.5. The number of carbonyl (C=O) groups is 1. The Morgan fingerprint density at radius 3 is 2.52 bits per heavy atom. The maximum atomic E-state index is 12.8. The minimum Gasteiger partial charge on any atom is -0.339 e. The zero-order valence-electron chi connectivity index (χ0n) is 14.8. The standard InChI is InChI=1S/C18H30N4O/c1-5-6-10-18(19-20-18)11-7-17(23)22(14-15(2)3)16-8-12-21(4)13-9-16/h1,15-16H,6-14H2,2-4H3. The van der Waals surface area contributed by atoms with Crippen molar-refractivity contribution < 1.29 is 4.79 Å². The molecule has 1 fully saturated rings. The van der Waals surface area contributed by atoms with Crippen LogP contribution in [0, 0.1) is 18.3 Å². The average molecular weight is 318 g/mol. The minimum absolute atomic E-state index is 0.255. The van der Waals surface area contributed by atoms with Crippen LogP contribution in [0.5, 0.6) is 0 Å². The third kappa shape index (κ3) is 5.31. The molecular weight excluding hydrogens is 288 g/mol. The summed E-state index contributed by atoms with van der Waals surface area (Å²) in [6, 6.07) is 0.385. The lowest BCUT2D eigenvalue weighted by atomic mass is 9.98. The van der Waals surface area contributed by atoms with Crippen LogP contribution in [-0.2, 0) is 4.79 Å². The Hall–Kier alpha value is -1.41. The predicted molar refractivity (Wildman–Crippen MR) is 92.0 cm³/mol. The van der Waals surface area contributed by atoms with Gasteiger partial charge in [-0.1, -0.05) is 13.8 Å². The summed E-state index contributed by atoms with van der Waals surface area (Å²) in [4.78, 5) is 17.3. The molecule has 128 valence electrons. The molecule has 0 bridgehead atoms. The number of hydrogen-bond acceptors (Lipinski definition) is 4. The Morgan fingerprint density at radius 1 is 1.35 bits per heavy atom. The molecule has 0 aromatic carbocycles. The van der Waals surface area contributed by atoms with Gasteiger partial charge in [0.15, 0.2) is 5.66 Å². The third-order valence-corrected chi connectivity index (χ3v) is 4.80. The van der Waals surface area contributed by atoms with Crippen LogP contribution in [-0.4, -0.2) is 54.1 Å². The molecule has 0 aliphatic carbocycles. The summed E-state index contributed by atoms with van der Waals surface area (Å²) in [5.41, 5.74) is -0.349. The van der Waals surface area contributed by atoms with Crippen molar-refractivity contribution in [1.29, 1.82) is 0 Å². The third-order valence-electron chi connectivity index (χ3n) is 4.80. The van der Waals surface area contributed by atoms with Gasteiger partial charge in [0.25, 0.3) is 0 Å². The van der Waals surface area contributed by atoms with Crippen molar-refractivity contribution in [2.45, 2.75) is 64.1 Å². The molecule has 0 aromatic heterocycles. The molecule has 1 saturated heterocycles. The highest BCUT2D eigenvalue weighted by atomic mass is 16.2. The van der Waals surface area contributed by atoms with Gasteiger partial charge < -0.3 is 9.80 Å². The molecule has 0 saturated carbocycles. The number of nitrogens with zero attached hydrogens (tertiary/aromatic N) is 4. The highest BCUT2D eigenvalue weighted by molar-refractivity contribution is 5.76. The fourth-order valence-electron chi connectivity index (χ4n) is 3.27. The van der Waals surface area contributed by atoms with Crippen LogP contribution < -0.4 is 0 Å². The molecule has 2 aliphatic heterocycles. The number of rotatable bonds is 8. The highest BCUT2D eigenvalue weighted by Crippen LogP contribution is 2.38. The van der Waals surface area contributed by atoms with E-state index in [1.54, 1.807) is 0 Å². The summed E-state index contributed by atoms with van der Waals surface area (Å²) >= 11 is 0. The summed E-state index contributed by atoms with van der Waals surface area (Å²) < 4.78 is 0. The fraction of sp³-hybridized carbons (Fsp3) is 0.833. The first-order valence-corrected chi connectivity index (χ1v) is 8.81. The summed E-state index contributed by atoms with van der Waals surface area (Å²) in [6.45, 7) is 7.34. The van der Waals surface area contributed by atoms with Crippen molar-refractivity contribution in [1.82, 2.24) is 9.80 Å². The molecule has 0 unspecified atom stereocenters. The van der Waals surface area contributed by atoms with Gasteiger partial charge in [-0.25, -0.2) is 0 Å². The first kappa shape index (κ1) is 17.9. The lowest BCUT2D eigenvalue weighted by molar-refractivity contribution is -0.135. The van der Waals surface area contributed by atoms with Crippen LogP contribution in [0.2, 0.25) is 0 Å². The average Bonchev–Trinajstić information content (AvgIpc) is 3.30. The van der Waals surface area contributed by atoms with Gasteiger partial charge in [0.05, 0.1) is 0 Å². The first-order valence-electron chi connectivity index (χ1n) is 8.81. The molecule has 0 N–H and O–H groups in total. The van der Waals surface area contributed by atoms with E-state index in [9.17, 15) is 4.79 Å². The zero-order chi connectivity index (χ0) is 16.9. The van der Waals surface area contributed by atoms with Gasteiger partial charge in [-0.3, -0.25) is 4.79 Å². The molecule has 5 nitrogen and oxygen atoms in total. The van der Waals surface area contributed by atoms with Crippen LogP contribution in [0.3, 0.4) is 0 Å². The molecule has 5 heteroatoms. The van der Waals surface area contributed by atoms with Crippen LogP contribution >= 0.6 is 0 Å². The number of terminal acetylenes is 1. The fourth-order valence-corrected chi connectivity index (χ4v) is 3.27. The highest BCUT2D eigenvalue weighted by Gasteiger charge is 2.40. The molecule has 0 radical (unpaired) electrons. The summed E-state index contributed by atoms with van der Waals surface area (Å²) in [5.74, 6) is 3.38. The van der Waals surface area contributed by atoms with E-state index in [1.165, 1.54) is 0 Å². The maximum absolute atomic E-state index is 12.8. The Balaban J connectivity index is 1.88. The Bertz CT molecular complexity index is 466. The van der Waals surface area contributed by atoms with Crippen molar-refractivity contribution in [3.63, 3.8) is 0 Å². The van der Waals surface area contributed by atoms with E-state index in [4.69, 9.17) is 6.42 Å². The number of piperidine rings is 1. The smallest absolute Gasteiger partial charge is 0.222 e. The van der Waals surface area contributed by atoms with Gasteiger partial charge in [0, 0.05) is 38.3 Å². The topological polar surface area (TPSA) is 48.3 Å². The van der Waals surface area contributed by atoms with Crippen LogP contribution in [0.1, 0.15) is 52.4 Å². The van der Waals surface area contributed by atoms with E-state index in [2.05, 4.69) is 46.8 Å². The largest absolute Gasteiger partial charge is 0.339 e. The lowest BCUT2D eigenvalue weighted by Gasteiger charge is -2.38. The van der Waals surface area contributed by atoms with E-state index in [0.717, 1.165) is 38.9 Å². The summed E-state index contributed by atoms with van der Waals surface area (Å²) in [6.07, 6.45) is 10.1. The van der Waals surface area contributed by atoms with E-state index in [0.29, 0.717) is 31.2 Å². The van der Waals surface area contributed by atoms with E-state index in [-0.39, 0.29) is 11.6 Å². The van der Waals surface area contributed by atoms with Crippen molar-refractivity contribution in [3.8, 4) is 12.3 Å². The number of amides is 1. The van der Waals surface area contributed by atoms with Crippen LogP contribution in [0.4, 0.5) is 0 Å². The zero-order valence-corrected chi connectivity index (χ0v) is 14.8. The predicted octanol–water partition coefficient (Wildman–Crippen LogP) is 2.92. The van der Waals surface area contributed by atoms with Crippen molar-refractivity contribution >= 4 is 5.91 Å². The van der Waals surface area contributed by atoms with E-state index in [1.807, 2.05) is 0 Å². The van der Waals surface area contributed by atoms with Crippen molar-refractivity contribution in [2.24, 2.45) is 16.1 Å². The van der Waals surface area contributed by atoms with Gasteiger partial charge in [-0.2, -0.15) is 10.2 Å². The van der Waals surface area contributed by atoms with Gasteiger partial charge in [0.1, 0.15) is 0 Å². The Morgan fingerprint density at radius 2 is 2.00 bits per heavy atom. The number of hydrogen-bond donors (Lipinski definition) is 0. The second-order valence-corrected chi connectivity index (χ2v) is 7.36. The van der Waals surface area contributed by atoms with Crippen molar-refractivity contribution in [3.05, 3.63) is 0 Å². The van der Waals surface area contributed by atoms with Gasteiger partial charge in [-0.15, -0.1) is 12.3 Å². The van der Waals surface area contributed by atoms with Crippen LogP contribution in [0.15, 0.2) is 10.2 Å². The molecule has 0 aromatic rings. The quantitative estimate of drug-likeness (QED) is 0.646. The number of carbonyl (C=O) groups excluding carboxylic acids is 1. The second-order valence-electron chi connectivity index (χ2n) is 7.36. The Kier molecular flexibility index (Phi) is 6.17. The lowest BCUT2D eigenvalue weighted by Crippen LogP contribution is -2.48. The molecule has 2 aliphatic rings. The molecular formula is C18H30N4O. The molecule has 0 atom stereocenters. The maximum Gasteiger partial charge on any atom is 0.222 e. The van der Waals surface area contributed by atoms with Crippen molar-refractivity contribution in [2.75, 3.05) is 26.7 Å². The SMILES string of the molecule is C#CCCC1(CCC(=O)N(CC(C)C)C2CCN(C)CC2)N=N1. The molecule has 23 heavy (non-hydrogen) atoms. The van der Waals surface area contributed by atoms with E-state index < -0.39 is 0 Å². The first-order chi connectivity index (χ1) is 11.0. The molecule has 2 rings (SSSR count). The monoisotopic (exact) mass is 318 g/mol. The summed E-state index contributed by atoms with van der Waals surface area (Å²) in [5, 5.41) is 8.28. The number of likely N-dealkylation sites (tertiary alicyclic amines) is 1. The second kappa shape index (κ2) is 7.92. The Labute approximate surface area is 140 Å². The summed E-state index contributed by atoms with van der Waals surface area (Å²) in [7, 11) is 2.15. The van der Waals surface area contributed by atoms with Crippen LogP contribution in [0.25, 0.3) is 0 Å². The van der Waals surface area contributed by atoms with Gasteiger partial charge in [0.2, 0.25) is 5.91 Å².